The van der Waals surface area contributed by atoms with E-state index in [1.807, 2.05) is 23.8 Å². The predicted octanol–water partition coefficient (Wildman–Crippen LogP) is 1.45. The van der Waals surface area contributed by atoms with Crippen molar-refractivity contribution < 1.29 is 14.7 Å². The van der Waals surface area contributed by atoms with Gasteiger partial charge in [-0.15, -0.1) is 0 Å². The Hall–Kier alpha value is -1.56. The van der Waals surface area contributed by atoms with Crippen molar-refractivity contribution in [2.75, 3.05) is 0 Å². The summed E-state index contributed by atoms with van der Waals surface area (Å²) in [4.78, 5) is 21.9. The van der Waals surface area contributed by atoms with Crippen LogP contribution in [0.4, 0.5) is 4.79 Å². The Balaban J connectivity index is 2.33. The van der Waals surface area contributed by atoms with Gasteiger partial charge in [0, 0.05) is 6.04 Å². The lowest BCUT2D eigenvalue weighted by Crippen LogP contribution is -2.47. The molecule has 0 fully saturated rings. The number of nitrogens with one attached hydrogen (secondary N) is 2. The summed E-state index contributed by atoms with van der Waals surface area (Å²) in [5.41, 5.74) is 1.16. The summed E-state index contributed by atoms with van der Waals surface area (Å²) in [6, 6.07) is 0.622. The molecular formula is C11H16N2O3S. The maximum atomic E-state index is 11.4. The van der Waals surface area contributed by atoms with Crippen molar-refractivity contribution in [1.29, 1.82) is 0 Å². The standard InChI is InChI=1S/C11H16N2O3S/c1-7(5-9-3-4-17-6-9)12-11(16)13-8(2)10(14)15/h3-4,6-8H,5H2,1-2H3,(H,14,15)(H2,12,13,16)/t7?,8-/m1/s1. The molecule has 0 aliphatic carbocycles. The number of carboxylic acids is 1. The molecule has 6 heteroatoms. The Morgan fingerprint density at radius 3 is 2.65 bits per heavy atom. The highest BCUT2D eigenvalue weighted by Crippen LogP contribution is 2.08. The van der Waals surface area contributed by atoms with Crippen LogP contribution in [-0.2, 0) is 11.2 Å². The van der Waals surface area contributed by atoms with Crippen molar-refractivity contribution in [2.45, 2.75) is 32.4 Å². The first-order valence-electron chi connectivity index (χ1n) is 5.30. The molecule has 0 saturated carbocycles. The van der Waals surface area contributed by atoms with Gasteiger partial charge >= 0.3 is 12.0 Å². The molecule has 0 aromatic carbocycles. The van der Waals surface area contributed by atoms with E-state index in [1.54, 1.807) is 11.3 Å². The number of carbonyl (C=O) groups excluding carboxylic acids is 1. The number of carbonyl (C=O) groups is 2. The average molecular weight is 256 g/mol. The van der Waals surface area contributed by atoms with Crippen LogP contribution in [-0.4, -0.2) is 29.2 Å². The molecule has 0 saturated heterocycles. The molecule has 2 atom stereocenters. The van der Waals surface area contributed by atoms with Gasteiger partial charge in [0.25, 0.3) is 0 Å². The minimum absolute atomic E-state index is 0.0365. The van der Waals surface area contributed by atoms with Gasteiger partial charge in [-0.25, -0.2) is 4.79 Å². The van der Waals surface area contributed by atoms with E-state index in [0.717, 1.165) is 12.0 Å². The highest BCUT2D eigenvalue weighted by Gasteiger charge is 2.15. The molecule has 17 heavy (non-hydrogen) atoms. The van der Waals surface area contributed by atoms with Crippen molar-refractivity contribution >= 4 is 23.3 Å². The first kappa shape index (κ1) is 13.5. The first-order chi connectivity index (χ1) is 7.99. The van der Waals surface area contributed by atoms with Crippen LogP contribution in [0.3, 0.4) is 0 Å². The quantitative estimate of drug-likeness (QED) is 0.746. The molecule has 1 unspecified atom stereocenters. The minimum atomic E-state index is -1.05. The average Bonchev–Trinajstić information content (AvgIpc) is 2.69. The summed E-state index contributed by atoms with van der Waals surface area (Å²) in [6.45, 7) is 3.30. The number of amides is 2. The largest absolute Gasteiger partial charge is 0.480 e. The van der Waals surface area contributed by atoms with Gasteiger partial charge in [0.1, 0.15) is 6.04 Å². The van der Waals surface area contributed by atoms with Gasteiger partial charge in [-0.05, 0) is 42.7 Å². The minimum Gasteiger partial charge on any atom is -0.480 e. The smallest absolute Gasteiger partial charge is 0.325 e. The SMILES string of the molecule is CC(Cc1ccsc1)NC(=O)N[C@H](C)C(=O)O. The molecule has 0 bridgehead atoms. The lowest BCUT2D eigenvalue weighted by atomic mass is 10.1. The molecule has 0 radical (unpaired) electrons. The summed E-state index contributed by atoms with van der Waals surface area (Å²) in [5.74, 6) is -1.05. The Bertz CT molecular complexity index is 378. The number of rotatable bonds is 5. The molecule has 1 aromatic heterocycles. The summed E-state index contributed by atoms with van der Waals surface area (Å²) in [6.07, 6.45) is 0.734. The van der Waals surface area contributed by atoms with E-state index in [0.29, 0.717) is 0 Å². The summed E-state index contributed by atoms with van der Waals surface area (Å²) < 4.78 is 0. The van der Waals surface area contributed by atoms with Crippen molar-refractivity contribution in [3.63, 3.8) is 0 Å². The molecule has 0 aliphatic heterocycles. The highest BCUT2D eigenvalue weighted by molar-refractivity contribution is 7.07. The van der Waals surface area contributed by atoms with Crippen LogP contribution in [0.15, 0.2) is 16.8 Å². The number of urea groups is 1. The van der Waals surface area contributed by atoms with Crippen molar-refractivity contribution in [2.24, 2.45) is 0 Å². The van der Waals surface area contributed by atoms with Gasteiger partial charge in [0.05, 0.1) is 0 Å². The van der Waals surface area contributed by atoms with E-state index in [-0.39, 0.29) is 6.04 Å². The van der Waals surface area contributed by atoms with Gasteiger partial charge in [-0.1, -0.05) is 0 Å². The summed E-state index contributed by atoms with van der Waals surface area (Å²) in [7, 11) is 0. The molecule has 5 nitrogen and oxygen atoms in total. The molecule has 1 aromatic rings. The van der Waals surface area contributed by atoms with Crippen LogP contribution in [0.1, 0.15) is 19.4 Å². The van der Waals surface area contributed by atoms with Gasteiger partial charge in [-0.2, -0.15) is 11.3 Å². The first-order valence-corrected chi connectivity index (χ1v) is 6.24. The molecule has 1 heterocycles. The number of aliphatic carboxylic acids is 1. The molecule has 3 N–H and O–H groups in total. The van der Waals surface area contributed by atoms with E-state index in [1.165, 1.54) is 6.92 Å². The Morgan fingerprint density at radius 1 is 1.41 bits per heavy atom. The third-order valence-corrected chi connectivity index (χ3v) is 2.95. The van der Waals surface area contributed by atoms with Crippen molar-refractivity contribution in [1.82, 2.24) is 10.6 Å². The van der Waals surface area contributed by atoms with Crippen LogP contribution in [0.25, 0.3) is 0 Å². The predicted molar refractivity (Wildman–Crippen MR) is 66.3 cm³/mol. The van der Waals surface area contributed by atoms with Gasteiger partial charge in [-0.3, -0.25) is 4.79 Å². The van der Waals surface area contributed by atoms with Crippen LogP contribution >= 0.6 is 11.3 Å². The number of thiophene rings is 1. The zero-order valence-electron chi connectivity index (χ0n) is 9.77. The summed E-state index contributed by atoms with van der Waals surface area (Å²) in [5, 5.41) is 17.7. The maximum absolute atomic E-state index is 11.4. The molecule has 0 spiro atoms. The zero-order valence-corrected chi connectivity index (χ0v) is 10.6. The lowest BCUT2D eigenvalue weighted by Gasteiger charge is -2.15. The second-order valence-electron chi connectivity index (χ2n) is 3.91. The zero-order chi connectivity index (χ0) is 12.8. The van der Waals surface area contributed by atoms with Crippen LogP contribution in [0, 0.1) is 0 Å². The number of carboxylic acid groups (broad SMARTS) is 1. The highest BCUT2D eigenvalue weighted by atomic mass is 32.1. The van der Waals surface area contributed by atoms with E-state index < -0.39 is 18.0 Å². The van der Waals surface area contributed by atoms with Gasteiger partial charge in [0.2, 0.25) is 0 Å². The summed E-state index contributed by atoms with van der Waals surface area (Å²) >= 11 is 1.61. The monoisotopic (exact) mass is 256 g/mol. The maximum Gasteiger partial charge on any atom is 0.325 e. The Morgan fingerprint density at radius 2 is 2.12 bits per heavy atom. The Kier molecular flexibility index (Phi) is 4.96. The molecule has 1 rings (SSSR count). The van der Waals surface area contributed by atoms with E-state index >= 15 is 0 Å². The molecular weight excluding hydrogens is 240 g/mol. The molecule has 94 valence electrons. The second kappa shape index (κ2) is 6.24. The Labute approximate surface area is 104 Å². The van der Waals surface area contributed by atoms with Crippen LogP contribution < -0.4 is 10.6 Å². The third kappa shape index (κ3) is 4.86. The van der Waals surface area contributed by atoms with Crippen LogP contribution in [0.2, 0.25) is 0 Å². The third-order valence-electron chi connectivity index (χ3n) is 2.22. The second-order valence-corrected chi connectivity index (χ2v) is 4.69. The van der Waals surface area contributed by atoms with E-state index in [9.17, 15) is 9.59 Å². The van der Waals surface area contributed by atoms with Gasteiger partial charge in [0.15, 0.2) is 0 Å². The topological polar surface area (TPSA) is 78.4 Å². The fourth-order valence-electron chi connectivity index (χ4n) is 1.34. The van der Waals surface area contributed by atoms with E-state index in [2.05, 4.69) is 10.6 Å². The fourth-order valence-corrected chi connectivity index (χ4v) is 2.02. The molecule has 2 amide bonds. The fraction of sp³-hybridized carbons (Fsp3) is 0.455. The number of hydrogen-bond acceptors (Lipinski definition) is 3. The normalized spacial score (nSPS) is 13.8. The van der Waals surface area contributed by atoms with Crippen molar-refractivity contribution in [3.05, 3.63) is 22.4 Å². The van der Waals surface area contributed by atoms with Crippen LogP contribution in [0.5, 0.6) is 0 Å². The van der Waals surface area contributed by atoms with E-state index in [4.69, 9.17) is 5.11 Å². The van der Waals surface area contributed by atoms with Crippen molar-refractivity contribution in [3.8, 4) is 0 Å². The van der Waals surface area contributed by atoms with Gasteiger partial charge < -0.3 is 15.7 Å². The number of hydrogen-bond donors (Lipinski definition) is 3. The molecule has 0 aliphatic rings. The lowest BCUT2D eigenvalue weighted by molar-refractivity contribution is -0.138.